The largest absolute Gasteiger partial charge is 0.494 e. The topological polar surface area (TPSA) is 29.5 Å². The minimum absolute atomic E-state index is 0.0911. The summed E-state index contributed by atoms with van der Waals surface area (Å²) in [5.41, 5.74) is 0.923. The smallest absolute Gasteiger partial charge is 0.119 e. The van der Waals surface area contributed by atoms with Gasteiger partial charge in [0.1, 0.15) is 5.75 Å². The van der Waals surface area contributed by atoms with Crippen LogP contribution in [0.4, 0.5) is 0 Å². The van der Waals surface area contributed by atoms with Gasteiger partial charge in [-0.25, -0.2) is 0 Å². The summed E-state index contributed by atoms with van der Waals surface area (Å²) in [6, 6.07) is 7.61. The van der Waals surface area contributed by atoms with Crippen LogP contribution >= 0.6 is 15.9 Å². The minimum atomic E-state index is 0.0911. The first-order valence-corrected chi connectivity index (χ1v) is 7.37. The van der Waals surface area contributed by atoms with Gasteiger partial charge in [-0.15, -0.1) is 0 Å². The number of rotatable bonds is 9. The van der Waals surface area contributed by atoms with Crippen molar-refractivity contribution in [2.45, 2.75) is 38.7 Å². The second-order valence-corrected chi connectivity index (χ2v) is 4.90. The van der Waals surface area contributed by atoms with Crippen molar-refractivity contribution in [1.82, 2.24) is 0 Å². The molecule has 1 aromatic rings. The van der Waals surface area contributed by atoms with Crippen molar-refractivity contribution in [2.75, 3.05) is 11.9 Å². The lowest BCUT2D eigenvalue weighted by atomic mass is 10.2. The van der Waals surface area contributed by atoms with Crippen molar-refractivity contribution < 1.29 is 9.84 Å². The third-order valence-corrected chi connectivity index (χ3v) is 3.21. The molecule has 96 valence electrons. The molecule has 0 saturated carbocycles. The van der Waals surface area contributed by atoms with Gasteiger partial charge in [-0.2, -0.15) is 0 Å². The molecule has 1 rings (SSSR count). The summed E-state index contributed by atoms with van der Waals surface area (Å²) in [6.45, 7) is 0.876. The van der Waals surface area contributed by atoms with Crippen LogP contribution in [-0.2, 0) is 6.61 Å². The number of alkyl halides is 1. The minimum Gasteiger partial charge on any atom is -0.494 e. The average molecular weight is 301 g/mol. The van der Waals surface area contributed by atoms with E-state index in [-0.39, 0.29) is 6.61 Å². The maximum absolute atomic E-state index is 8.90. The summed E-state index contributed by atoms with van der Waals surface area (Å²) < 4.78 is 5.62. The van der Waals surface area contributed by atoms with Crippen LogP contribution < -0.4 is 4.74 Å². The zero-order valence-corrected chi connectivity index (χ0v) is 11.8. The van der Waals surface area contributed by atoms with Crippen LogP contribution in [-0.4, -0.2) is 17.0 Å². The maximum Gasteiger partial charge on any atom is 0.119 e. The number of hydrogen-bond acceptors (Lipinski definition) is 2. The summed E-state index contributed by atoms with van der Waals surface area (Å²) in [5, 5.41) is 10.0. The van der Waals surface area contributed by atoms with Crippen LogP contribution in [0, 0.1) is 0 Å². The first-order chi connectivity index (χ1) is 8.36. The molecule has 0 aliphatic carbocycles. The Bertz CT molecular complexity index is 285. The van der Waals surface area contributed by atoms with Crippen molar-refractivity contribution >= 4 is 15.9 Å². The Balaban J connectivity index is 2.05. The third kappa shape index (κ3) is 6.69. The van der Waals surface area contributed by atoms with Gasteiger partial charge >= 0.3 is 0 Å². The van der Waals surface area contributed by atoms with Crippen molar-refractivity contribution in [3.05, 3.63) is 29.8 Å². The SMILES string of the molecule is OCc1ccc(OCCCCCCCBr)cc1. The van der Waals surface area contributed by atoms with E-state index in [0.717, 1.165) is 29.7 Å². The number of aliphatic hydroxyl groups is 1. The molecule has 0 fully saturated rings. The van der Waals surface area contributed by atoms with E-state index in [0.29, 0.717) is 0 Å². The summed E-state index contributed by atoms with van der Waals surface area (Å²) in [4.78, 5) is 0. The molecule has 0 aromatic heterocycles. The van der Waals surface area contributed by atoms with E-state index in [2.05, 4.69) is 15.9 Å². The third-order valence-electron chi connectivity index (χ3n) is 2.65. The number of aliphatic hydroxyl groups excluding tert-OH is 1. The summed E-state index contributed by atoms with van der Waals surface area (Å²) in [5.74, 6) is 0.891. The zero-order chi connectivity index (χ0) is 12.3. The van der Waals surface area contributed by atoms with Gasteiger partial charge in [-0.3, -0.25) is 0 Å². The molecule has 0 spiro atoms. The van der Waals surface area contributed by atoms with E-state index in [9.17, 15) is 0 Å². The van der Waals surface area contributed by atoms with Crippen molar-refractivity contribution in [2.24, 2.45) is 0 Å². The van der Waals surface area contributed by atoms with Crippen molar-refractivity contribution in [3.63, 3.8) is 0 Å². The first kappa shape index (κ1) is 14.5. The molecular formula is C14H21BrO2. The maximum atomic E-state index is 8.90. The Morgan fingerprint density at radius 1 is 0.941 bits per heavy atom. The van der Waals surface area contributed by atoms with Gasteiger partial charge in [0.15, 0.2) is 0 Å². The van der Waals surface area contributed by atoms with Gasteiger partial charge in [0.05, 0.1) is 13.2 Å². The fourth-order valence-corrected chi connectivity index (χ4v) is 2.00. The summed E-state index contributed by atoms with van der Waals surface area (Å²) >= 11 is 3.43. The highest BCUT2D eigenvalue weighted by atomic mass is 79.9. The molecule has 0 bridgehead atoms. The fraction of sp³-hybridized carbons (Fsp3) is 0.571. The van der Waals surface area contributed by atoms with Gasteiger partial charge in [0.25, 0.3) is 0 Å². The number of ether oxygens (including phenoxy) is 1. The zero-order valence-electron chi connectivity index (χ0n) is 10.2. The van der Waals surface area contributed by atoms with E-state index >= 15 is 0 Å². The Morgan fingerprint density at radius 3 is 2.24 bits per heavy atom. The Labute approximate surface area is 112 Å². The Morgan fingerprint density at radius 2 is 1.59 bits per heavy atom. The monoisotopic (exact) mass is 300 g/mol. The van der Waals surface area contributed by atoms with Crippen LogP contribution in [0.15, 0.2) is 24.3 Å². The lowest BCUT2D eigenvalue weighted by molar-refractivity contribution is 0.281. The van der Waals surface area contributed by atoms with Crippen LogP contribution in [0.2, 0.25) is 0 Å². The van der Waals surface area contributed by atoms with Crippen LogP contribution in [0.3, 0.4) is 0 Å². The van der Waals surface area contributed by atoms with Gasteiger partial charge in [-0.05, 0) is 30.5 Å². The molecule has 3 heteroatoms. The molecule has 0 amide bonds. The predicted octanol–water partition coefficient (Wildman–Crippen LogP) is 3.90. The highest BCUT2D eigenvalue weighted by Crippen LogP contribution is 2.13. The number of benzene rings is 1. The molecule has 0 unspecified atom stereocenters. The molecule has 0 heterocycles. The molecule has 17 heavy (non-hydrogen) atoms. The van der Waals surface area contributed by atoms with E-state index in [4.69, 9.17) is 9.84 Å². The fourth-order valence-electron chi connectivity index (χ4n) is 1.61. The quantitative estimate of drug-likeness (QED) is 0.553. The second-order valence-electron chi connectivity index (χ2n) is 4.11. The standard InChI is InChI=1S/C14H21BrO2/c15-10-4-2-1-3-5-11-17-14-8-6-13(12-16)7-9-14/h6-9,16H,1-5,10-12H2. The van der Waals surface area contributed by atoms with Crippen molar-refractivity contribution in [3.8, 4) is 5.75 Å². The van der Waals surface area contributed by atoms with Gasteiger partial charge < -0.3 is 9.84 Å². The molecule has 0 saturated heterocycles. The highest BCUT2D eigenvalue weighted by molar-refractivity contribution is 9.09. The van der Waals surface area contributed by atoms with Crippen LogP contribution in [0.5, 0.6) is 5.75 Å². The molecule has 0 atom stereocenters. The summed E-state index contributed by atoms with van der Waals surface area (Å²) in [7, 11) is 0. The number of halogens is 1. The molecule has 0 aliphatic heterocycles. The highest BCUT2D eigenvalue weighted by Gasteiger charge is 1.95. The van der Waals surface area contributed by atoms with Crippen molar-refractivity contribution in [1.29, 1.82) is 0 Å². The van der Waals surface area contributed by atoms with E-state index in [1.165, 1.54) is 25.7 Å². The molecule has 2 nitrogen and oxygen atoms in total. The Hall–Kier alpha value is -0.540. The van der Waals surface area contributed by atoms with Gasteiger partial charge in [0, 0.05) is 5.33 Å². The number of hydrogen-bond donors (Lipinski definition) is 1. The van der Waals surface area contributed by atoms with E-state index < -0.39 is 0 Å². The predicted molar refractivity (Wildman–Crippen MR) is 74.7 cm³/mol. The molecule has 0 aliphatic rings. The molecule has 1 N–H and O–H groups in total. The van der Waals surface area contributed by atoms with Gasteiger partial charge in [-0.1, -0.05) is 47.3 Å². The molecule has 0 radical (unpaired) electrons. The van der Waals surface area contributed by atoms with Gasteiger partial charge in [0.2, 0.25) is 0 Å². The van der Waals surface area contributed by atoms with E-state index in [1.807, 2.05) is 24.3 Å². The lowest BCUT2D eigenvalue weighted by Gasteiger charge is -2.06. The van der Waals surface area contributed by atoms with Crippen LogP contribution in [0.25, 0.3) is 0 Å². The Kier molecular flexibility index (Phi) is 8.10. The second kappa shape index (κ2) is 9.49. The average Bonchev–Trinajstić information content (AvgIpc) is 2.38. The first-order valence-electron chi connectivity index (χ1n) is 6.25. The summed E-state index contributed by atoms with van der Waals surface area (Å²) in [6.07, 6.45) is 6.21. The van der Waals surface area contributed by atoms with Crippen LogP contribution in [0.1, 0.15) is 37.7 Å². The molecule has 1 aromatic carbocycles. The normalized spacial score (nSPS) is 10.5. The lowest BCUT2D eigenvalue weighted by Crippen LogP contribution is -1.97. The molecular weight excluding hydrogens is 280 g/mol. The number of unbranched alkanes of at least 4 members (excludes halogenated alkanes) is 4. The van der Waals surface area contributed by atoms with E-state index in [1.54, 1.807) is 0 Å².